The van der Waals surface area contributed by atoms with E-state index in [-0.39, 0.29) is 21.4 Å². The highest BCUT2D eigenvalue weighted by atomic mass is 35.5. The van der Waals surface area contributed by atoms with Crippen molar-refractivity contribution in [2.24, 2.45) is 0 Å². The van der Waals surface area contributed by atoms with Crippen molar-refractivity contribution >= 4 is 44.8 Å². The van der Waals surface area contributed by atoms with Crippen LogP contribution in [0.2, 0.25) is 5.02 Å². The van der Waals surface area contributed by atoms with E-state index in [1.54, 1.807) is 18.2 Å². The molecule has 7 nitrogen and oxygen atoms in total. The van der Waals surface area contributed by atoms with Gasteiger partial charge < -0.3 is 10.6 Å². The second-order valence-electron chi connectivity index (χ2n) is 6.47. The summed E-state index contributed by atoms with van der Waals surface area (Å²) in [4.78, 5) is 23.8. The Bertz CT molecular complexity index is 1020. The van der Waals surface area contributed by atoms with Crippen molar-refractivity contribution in [1.82, 2.24) is 4.31 Å². The first-order valence-corrected chi connectivity index (χ1v) is 10.6. The summed E-state index contributed by atoms with van der Waals surface area (Å²) in [6, 6.07) is 10.6. The number of carbonyl (C=O) groups is 2. The van der Waals surface area contributed by atoms with Crippen LogP contribution in [0.25, 0.3) is 0 Å². The molecule has 0 aliphatic carbocycles. The zero-order valence-corrected chi connectivity index (χ0v) is 16.8. The summed E-state index contributed by atoms with van der Waals surface area (Å²) in [6.45, 7) is 2.37. The number of anilines is 2. The molecule has 0 atom stereocenters. The van der Waals surface area contributed by atoms with E-state index in [0.29, 0.717) is 24.5 Å². The SMILES string of the molecule is CC(=O)Nc1ccc(NC(=O)c2cccc(S(=O)(=O)N3CCCC3)c2)c(Cl)c1. The third-order valence-electron chi connectivity index (χ3n) is 4.34. The van der Waals surface area contributed by atoms with Gasteiger partial charge in [0.2, 0.25) is 15.9 Å². The molecule has 0 spiro atoms. The maximum absolute atomic E-state index is 12.7. The third kappa shape index (κ3) is 4.52. The van der Waals surface area contributed by atoms with E-state index in [1.165, 1.54) is 35.5 Å². The zero-order chi connectivity index (χ0) is 20.3. The minimum Gasteiger partial charge on any atom is -0.326 e. The molecule has 2 N–H and O–H groups in total. The summed E-state index contributed by atoms with van der Waals surface area (Å²) in [6.07, 6.45) is 1.68. The molecule has 1 saturated heterocycles. The van der Waals surface area contributed by atoms with Crippen LogP contribution in [0.5, 0.6) is 0 Å². The Morgan fingerprint density at radius 2 is 1.75 bits per heavy atom. The van der Waals surface area contributed by atoms with Gasteiger partial charge in [-0.2, -0.15) is 4.31 Å². The highest BCUT2D eigenvalue weighted by Crippen LogP contribution is 2.27. The van der Waals surface area contributed by atoms with E-state index in [4.69, 9.17) is 11.6 Å². The van der Waals surface area contributed by atoms with Crippen LogP contribution in [0.4, 0.5) is 11.4 Å². The second-order valence-corrected chi connectivity index (χ2v) is 8.81. The van der Waals surface area contributed by atoms with Crippen LogP contribution in [0, 0.1) is 0 Å². The standard InChI is InChI=1S/C19H20ClN3O4S/c1-13(24)21-15-7-8-18(17(20)12-15)22-19(25)14-5-4-6-16(11-14)28(26,27)23-9-2-3-10-23/h4-8,11-12H,2-3,9-10H2,1H3,(H,21,24)(H,22,25). The first kappa shape index (κ1) is 20.3. The molecular formula is C19H20ClN3O4S. The smallest absolute Gasteiger partial charge is 0.255 e. The molecule has 1 heterocycles. The van der Waals surface area contributed by atoms with Crippen molar-refractivity contribution in [2.45, 2.75) is 24.7 Å². The minimum atomic E-state index is -3.61. The second kappa shape index (κ2) is 8.30. The summed E-state index contributed by atoms with van der Waals surface area (Å²) in [5, 5.41) is 5.51. The fourth-order valence-corrected chi connectivity index (χ4v) is 4.76. The summed E-state index contributed by atoms with van der Waals surface area (Å²) in [5.41, 5.74) is 1.07. The topological polar surface area (TPSA) is 95.6 Å². The number of benzene rings is 2. The lowest BCUT2D eigenvalue weighted by Gasteiger charge is -2.16. The van der Waals surface area contributed by atoms with Gasteiger partial charge in [0.1, 0.15) is 0 Å². The van der Waals surface area contributed by atoms with Crippen LogP contribution in [0.15, 0.2) is 47.4 Å². The molecule has 0 radical (unpaired) electrons. The van der Waals surface area contributed by atoms with E-state index >= 15 is 0 Å². The Hall–Kier alpha value is -2.42. The van der Waals surface area contributed by atoms with Crippen LogP contribution in [0.3, 0.4) is 0 Å². The lowest BCUT2D eigenvalue weighted by Crippen LogP contribution is -2.28. The van der Waals surface area contributed by atoms with E-state index in [2.05, 4.69) is 10.6 Å². The Balaban J connectivity index is 1.79. The molecule has 0 aromatic heterocycles. The number of nitrogens with zero attached hydrogens (tertiary/aromatic N) is 1. The molecule has 3 rings (SSSR count). The van der Waals surface area contributed by atoms with Crippen LogP contribution in [-0.4, -0.2) is 37.6 Å². The van der Waals surface area contributed by atoms with Gasteiger partial charge in [-0.25, -0.2) is 8.42 Å². The lowest BCUT2D eigenvalue weighted by atomic mass is 10.2. The number of sulfonamides is 1. The van der Waals surface area contributed by atoms with E-state index < -0.39 is 15.9 Å². The number of rotatable bonds is 5. The normalized spacial score (nSPS) is 14.6. The molecule has 0 unspecified atom stereocenters. The van der Waals surface area contributed by atoms with Gasteiger partial charge in [-0.15, -0.1) is 0 Å². The predicted molar refractivity (Wildman–Crippen MR) is 108 cm³/mol. The van der Waals surface area contributed by atoms with E-state index in [9.17, 15) is 18.0 Å². The molecule has 0 bridgehead atoms. The highest BCUT2D eigenvalue weighted by Gasteiger charge is 2.27. The number of amides is 2. The van der Waals surface area contributed by atoms with Crippen LogP contribution in [-0.2, 0) is 14.8 Å². The number of carbonyl (C=O) groups excluding carboxylic acids is 2. The molecule has 2 aromatic rings. The van der Waals surface area contributed by atoms with Crippen molar-refractivity contribution in [1.29, 1.82) is 0 Å². The van der Waals surface area contributed by atoms with Gasteiger partial charge in [-0.05, 0) is 49.2 Å². The average Bonchev–Trinajstić information content (AvgIpc) is 3.19. The van der Waals surface area contributed by atoms with Gasteiger partial charge in [0.15, 0.2) is 0 Å². The number of hydrogen-bond donors (Lipinski definition) is 2. The Morgan fingerprint density at radius 3 is 2.39 bits per heavy atom. The quantitative estimate of drug-likeness (QED) is 0.773. The Morgan fingerprint density at radius 1 is 1.04 bits per heavy atom. The molecule has 9 heteroatoms. The van der Waals surface area contributed by atoms with E-state index in [0.717, 1.165) is 12.8 Å². The first-order valence-electron chi connectivity index (χ1n) is 8.76. The maximum Gasteiger partial charge on any atom is 0.255 e. The molecule has 28 heavy (non-hydrogen) atoms. The van der Waals surface area contributed by atoms with Crippen molar-refractivity contribution in [3.63, 3.8) is 0 Å². The van der Waals surface area contributed by atoms with Gasteiger partial charge in [0.25, 0.3) is 5.91 Å². The minimum absolute atomic E-state index is 0.0918. The lowest BCUT2D eigenvalue weighted by molar-refractivity contribution is -0.114. The Kier molecular flexibility index (Phi) is 6.02. The van der Waals surface area contributed by atoms with Crippen LogP contribution < -0.4 is 10.6 Å². The summed E-state index contributed by atoms with van der Waals surface area (Å²) >= 11 is 6.17. The van der Waals surface area contributed by atoms with E-state index in [1.807, 2.05) is 0 Å². The molecule has 1 aliphatic rings. The predicted octanol–water partition coefficient (Wildman–Crippen LogP) is 3.34. The summed E-state index contributed by atoms with van der Waals surface area (Å²) < 4.78 is 26.8. The Labute approximate surface area is 168 Å². The van der Waals surface area contributed by atoms with Gasteiger partial charge in [0.05, 0.1) is 15.6 Å². The molecule has 2 aromatic carbocycles. The summed E-state index contributed by atoms with van der Waals surface area (Å²) in [7, 11) is -3.61. The number of halogens is 1. The molecule has 2 amide bonds. The molecular weight excluding hydrogens is 402 g/mol. The highest BCUT2D eigenvalue weighted by molar-refractivity contribution is 7.89. The molecule has 1 aliphatic heterocycles. The first-order chi connectivity index (χ1) is 13.3. The van der Waals surface area contributed by atoms with Gasteiger partial charge in [0, 0.05) is 31.3 Å². The van der Waals surface area contributed by atoms with Gasteiger partial charge in [-0.1, -0.05) is 17.7 Å². The van der Waals surface area contributed by atoms with Gasteiger partial charge in [-0.3, -0.25) is 9.59 Å². The number of hydrogen-bond acceptors (Lipinski definition) is 4. The molecule has 0 saturated carbocycles. The van der Waals surface area contributed by atoms with Crippen molar-refractivity contribution in [3.05, 3.63) is 53.1 Å². The fourth-order valence-electron chi connectivity index (χ4n) is 2.97. The zero-order valence-electron chi connectivity index (χ0n) is 15.2. The van der Waals surface area contributed by atoms with Crippen molar-refractivity contribution < 1.29 is 18.0 Å². The maximum atomic E-state index is 12.7. The van der Waals surface area contributed by atoms with Crippen molar-refractivity contribution in [3.8, 4) is 0 Å². The average molecular weight is 422 g/mol. The van der Waals surface area contributed by atoms with Crippen LogP contribution in [0.1, 0.15) is 30.1 Å². The van der Waals surface area contributed by atoms with Crippen molar-refractivity contribution in [2.75, 3.05) is 23.7 Å². The molecule has 1 fully saturated rings. The van der Waals surface area contributed by atoms with Gasteiger partial charge >= 0.3 is 0 Å². The fraction of sp³-hybridized carbons (Fsp3) is 0.263. The van der Waals surface area contributed by atoms with Crippen LogP contribution >= 0.6 is 11.6 Å². The number of nitrogens with one attached hydrogen (secondary N) is 2. The largest absolute Gasteiger partial charge is 0.326 e. The monoisotopic (exact) mass is 421 g/mol. The molecule has 148 valence electrons. The third-order valence-corrected chi connectivity index (χ3v) is 6.54. The summed E-state index contributed by atoms with van der Waals surface area (Å²) in [5.74, 6) is -0.712.